The van der Waals surface area contributed by atoms with Crippen LogP contribution in [0.2, 0.25) is 5.04 Å². The Morgan fingerprint density at radius 2 is 1.38 bits per heavy atom. The molecule has 1 unspecified atom stereocenters. The van der Waals surface area contributed by atoms with Gasteiger partial charge in [0, 0.05) is 0 Å². The molecule has 4 rings (SSSR count). The lowest BCUT2D eigenvalue weighted by Gasteiger charge is -2.48. The van der Waals surface area contributed by atoms with Crippen LogP contribution in [0.5, 0.6) is 0 Å². The average molecular weight is 569 g/mol. The van der Waals surface area contributed by atoms with E-state index in [0.717, 1.165) is 10.4 Å². The van der Waals surface area contributed by atoms with Gasteiger partial charge in [-0.2, -0.15) is 0 Å². The van der Waals surface area contributed by atoms with Gasteiger partial charge in [-0.3, -0.25) is 0 Å². The van der Waals surface area contributed by atoms with Crippen molar-refractivity contribution in [1.82, 2.24) is 0 Å². The van der Waals surface area contributed by atoms with Crippen LogP contribution >= 0.6 is 0 Å². The molecule has 0 aliphatic carbocycles. The summed E-state index contributed by atoms with van der Waals surface area (Å²) in [5.41, 5.74) is 0. The van der Waals surface area contributed by atoms with Crippen LogP contribution in [0.15, 0.2) is 70.6 Å². The van der Waals surface area contributed by atoms with Crippen molar-refractivity contribution in [3.8, 4) is 0 Å². The zero-order chi connectivity index (χ0) is 29.1. The maximum absolute atomic E-state index is 11.9. The number of rotatable bonds is 7. The quantitative estimate of drug-likeness (QED) is 0.514. The number of benzene rings is 2. The summed E-state index contributed by atoms with van der Waals surface area (Å²) < 4.78 is 30.9. The lowest BCUT2D eigenvalue weighted by atomic mass is 9.97. The van der Waals surface area contributed by atoms with Crippen LogP contribution in [0, 0.1) is 5.92 Å². The number of hydrogen-bond donors (Lipinski definition) is 1. The Morgan fingerprint density at radius 3 is 1.85 bits per heavy atom. The van der Waals surface area contributed by atoms with Gasteiger partial charge in [-0.15, -0.1) is 0 Å². The largest absolute Gasteiger partial charge is 0.483 e. The van der Waals surface area contributed by atoms with Crippen molar-refractivity contribution < 1.29 is 28.5 Å². The third kappa shape index (κ3) is 5.89. The van der Waals surface area contributed by atoms with Crippen molar-refractivity contribution in [2.24, 2.45) is 15.9 Å². The molecule has 0 saturated carbocycles. The van der Waals surface area contributed by atoms with Crippen molar-refractivity contribution in [2.45, 2.75) is 83.3 Å². The molecule has 2 aliphatic rings. The van der Waals surface area contributed by atoms with Gasteiger partial charge in [0.25, 0.3) is 8.32 Å². The van der Waals surface area contributed by atoms with Gasteiger partial charge in [-0.25, -0.2) is 9.98 Å². The molecule has 2 aromatic carbocycles. The van der Waals surface area contributed by atoms with Gasteiger partial charge in [0.15, 0.2) is 12.3 Å². The third-order valence-electron chi connectivity index (χ3n) is 7.70. The van der Waals surface area contributed by atoms with E-state index in [4.69, 9.17) is 33.4 Å². The fourth-order valence-electron chi connectivity index (χ4n) is 5.71. The van der Waals surface area contributed by atoms with Crippen molar-refractivity contribution in [3.63, 3.8) is 0 Å². The van der Waals surface area contributed by atoms with E-state index >= 15 is 0 Å². The standard InChI is InChI=1S/C31H44N2O6Si/c1-20(2)25-29(35-7)33-26(30(32-25)36-8)27(34)28-24(19-37-21(3)38-28)39-40(31(4,5)6,22-15-11-9-12-16-22)23-17-13-10-14-18-23/h9-18,20-21,24-28,34H,19H2,1-8H3/t21-,24-,25-,26-,27?,28-/m1/s1. The second-order valence-electron chi connectivity index (χ2n) is 11.8. The Kier molecular flexibility index (Phi) is 9.52. The molecule has 2 aliphatic heterocycles. The van der Waals surface area contributed by atoms with E-state index in [-0.39, 0.29) is 23.6 Å². The molecule has 0 spiro atoms. The molecule has 0 radical (unpaired) electrons. The molecule has 8 nitrogen and oxygen atoms in total. The lowest BCUT2D eigenvalue weighted by molar-refractivity contribution is -0.260. The van der Waals surface area contributed by atoms with E-state index in [0.29, 0.717) is 11.8 Å². The van der Waals surface area contributed by atoms with Gasteiger partial charge >= 0.3 is 0 Å². The topological polar surface area (TPSA) is 91.1 Å². The summed E-state index contributed by atoms with van der Waals surface area (Å²) in [5, 5.41) is 13.9. The molecule has 40 heavy (non-hydrogen) atoms. The van der Waals surface area contributed by atoms with Gasteiger partial charge in [0.2, 0.25) is 11.8 Å². The minimum atomic E-state index is -2.96. The SMILES string of the molecule is COC1=N[C@H](C(O)[C@@H]2O[C@H](C)OC[C@H]2O[Si](c2ccccc2)(c2ccccc2)C(C)(C)C)C(OC)=N[C@@H]1C(C)C. The predicted molar refractivity (Wildman–Crippen MR) is 160 cm³/mol. The van der Waals surface area contributed by atoms with Gasteiger partial charge in [0.05, 0.1) is 26.9 Å². The smallest absolute Gasteiger partial charge is 0.261 e. The molecule has 6 atom stereocenters. The summed E-state index contributed by atoms with van der Waals surface area (Å²) in [5.74, 6) is 0.955. The van der Waals surface area contributed by atoms with Gasteiger partial charge in [-0.05, 0) is 28.3 Å². The van der Waals surface area contributed by atoms with Crippen LogP contribution in [-0.2, 0) is 23.4 Å². The predicted octanol–water partition coefficient (Wildman–Crippen LogP) is 3.55. The van der Waals surface area contributed by atoms with Crippen molar-refractivity contribution in [2.75, 3.05) is 20.8 Å². The van der Waals surface area contributed by atoms with E-state index in [9.17, 15) is 5.11 Å². The maximum atomic E-state index is 11.9. The van der Waals surface area contributed by atoms with E-state index < -0.39 is 39.0 Å². The van der Waals surface area contributed by atoms with Gasteiger partial charge < -0.3 is 28.5 Å². The number of aliphatic hydroxyl groups excluding tert-OH is 1. The highest BCUT2D eigenvalue weighted by atomic mass is 28.4. The van der Waals surface area contributed by atoms with Crippen molar-refractivity contribution in [3.05, 3.63) is 60.7 Å². The first-order valence-corrected chi connectivity index (χ1v) is 15.9. The van der Waals surface area contributed by atoms with Crippen LogP contribution in [0.3, 0.4) is 0 Å². The highest BCUT2D eigenvalue weighted by molar-refractivity contribution is 6.99. The summed E-state index contributed by atoms with van der Waals surface area (Å²) in [6, 6.07) is 19.7. The molecular formula is C31H44N2O6Si. The van der Waals surface area contributed by atoms with E-state index in [1.54, 1.807) is 14.2 Å². The van der Waals surface area contributed by atoms with E-state index in [1.807, 2.05) is 57.2 Å². The van der Waals surface area contributed by atoms with E-state index in [2.05, 4.69) is 45.0 Å². The number of hydrogen-bond acceptors (Lipinski definition) is 8. The second-order valence-corrected chi connectivity index (χ2v) is 16.0. The Balaban J connectivity index is 1.78. The van der Waals surface area contributed by atoms with Crippen molar-refractivity contribution >= 4 is 30.5 Å². The zero-order valence-electron chi connectivity index (χ0n) is 24.9. The lowest BCUT2D eigenvalue weighted by Crippen LogP contribution is -2.70. The third-order valence-corrected chi connectivity index (χ3v) is 12.8. The number of aliphatic hydroxyl groups is 1. The van der Waals surface area contributed by atoms with E-state index in [1.165, 1.54) is 0 Å². The second kappa shape index (κ2) is 12.5. The summed E-state index contributed by atoms with van der Waals surface area (Å²) in [7, 11) is 0.164. The first-order valence-electron chi connectivity index (χ1n) is 14.0. The number of ether oxygens (including phenoxy) is 4. The maximum Gasteiger partial charge on any atom is 0.261 e. The molecule has 0 bridgehead atoms. The fraction of sp³-hybridized carbons (Fsp3) is 0.548. The molecule has 0 aromatic heterocycles. The van der Waals surface area contributed by atoms with Crippen LogP contribution in [-0.4, -0.2) is 82.7 Å². The molecular weight excluding hydrogens is 524 g/mol. The molecule has 2 heterocycles. The van der Waals surface area contributed by atoms with Crippen LogP contribution in [0.25, 0.3) is 0 Å². The Labute approximate surface area is 239 Å². The molecule has 0 amide bonds. The average Bonchev–Trinajstić information content (AvgIpc) is 2.95. The normalized spacial score (nSPS) is 26.6. The summed E-state index contributed by atoms with van der Waals surface area (Å²) in [4.78, 5) is 9.54. The van der Waals surface area contributed by atoms with Crippen LogP contribution < -0.4 is 10.4 Å². The number of aliphatic imine (C=N–C) groups is 2. The monoisotopic (exact) mass is 568 g/mol. The molecule has 218 valence electrons. The van der Waals surface area contributed by atoms with Crippen LogP contribution in [0.1, 0.15) is 41.5 Å². The summed E-state index contributed by atoms with van der Waals surface area (Å²) in [6.45, 7) is 12.8. The summed E-state index contributed by atoms with van der Waals surface area (Å²) >= 11 is 0. The first-order chi connectivity index (χ1) is 19.0. The minimum Gasteiger partial charge on any atom is -0.483 e. The highest BCUT2D eigenvalue weighted by Gasteiger charge is 2.54. The number of methoxy groups -OCH3 is 2. The van der Waals surface area contributed by atoms with Crippen molar-refractivity contribution in [1.29, 1.82) is 0 Å². The fourth-order valence-corrected chi connectivity index (χ4v) is 10.4. The Bertz CT molecular complexity index is 1130. The number of nitrogens with zero attached hydrogens (tertiary/aromatic N) is 2. The molecule has 9 heteroatoms. The molecule has 2 aromatic rings. The first kappa shape index (κ1) is 30.4. The highest BCUT2D eigenvalue weighted by Crippen LogP contribution is 2.39. The Hall–Kier alpha value is -2.56. The van der Waals surface area contributed by atoms with Gasteiger partial charge in [-0.1, -0.05) is 95.3 Å². The zero-order valence-corrected chi connectivity index (χ0v) is 25.9. The van der Waals surface area contributed by atoms with Gasteiger partial charge in [0.1, 0.15) is 18.2 Å². The summed E-state index contributed by atoms with van der Waals surface area (Å²) in [6.07, 6.45) is -2.99. The Morgan fingerprint density at radius 1 is 0.875 bits per heavy atom. The molecule has 1 saturated heterocycles. The molecule has 1 N–H and O–H groups in total. The molecule has 1 fully saturated rings. The minimum absolute atomic E-state index is 0.146. The van der Waals surface area contributed by atoms with Crippen LogP contribution in [0.4, 0.5) is 0 Å².